The molecule has 4 heteroatoms. The molecule has 0 aliphatic carbocycles. The van der Waals surface area contributed by atoms with Crippen molar-refractivity contribution in [1.29, 1.82) is 0 Å². The molecular weight excluding hydrogens is 243 g/mol. The van der Waals surface area contributed by atoms with Gasteiger partial charge in [-0.3, -0.25) is 0 Å². The van der Waals surface area contributed by atoms with Crippen LogP contribution in [0.4, 0.5) is 5.69 Å². The summed E-state index contributed by atoms with van der Waals surface area (Å²) < 4.78 is 0. The SMILES string of the molecule is CN(C)CCN(C)c1cc(Cl)ccc1CCl. The molecule has 0 amide bonds. The zero-order valence-electron chi connectivity index (χ0n) is 10.0. The second-order valence-corrected chi connectivity index (χ2v) is 4.84. The molecule has 0 aliphatic heterocycles. The largest absolute Gasteiger partial charge is 0.373 e. The highest BCUT2D eigenvalue weighted by molar-refractivity contribution is 6.31. The number of hydrogen-bond donors (Lipinski definition) is 0. The molecule has 16 heavy (non-hydrogen) atoms. The highest BCUT2D eigenvalue weighted by Crippen LogP contribution is 2.25. The molecule has 1 rings (SSSR count). The van der Waals surface area contributed by atoms with Gasteiger partial charge in [0.2, 0.25) is 0 Å². The van der Waals surface area contributed by atoms with Gasteiger partial charge in [0.25, 0.3) is 0 Å². The van der Waals surface area contributed by atoms with E-state index in [-0.39, 0.29) is 0 Å². The van der Waals surface area contributed by atoms with Crippen LogP contribution in [0.3, 0.4) is 0 Å². The molecule has 0 heterocycles. The summed E-state index contributed by atoms with van der Waals surface area (Å²) in [4.78, 5) is 4.34. The van der Waals surface area contributed by atoms with Crippen molar-refractivity contribution in [2.24, 2.45) is 0 Å². The van der Waals surface area contributed by atoms with E-state index in [9.17, 15) is 0 Å². The summed E-state index contributed by atoms with van der Waals surface area (Å²) in [6.45, 7) is 1.96. The lowest BCUT2D eigenvalue weighted by atomic mass is 10.2. The third-order valence-corrected chi connectivity index (χ3v) is 3.01. The minimum absolute atomic E-state index is 0.513. The Hall–Kier alpha value is -0.440. The van der Waals surface area contributed by atoms with E-state index in [4.69, 9.17) is 23.2 Å². The van der Waals surface area contributed by atoms with Gasteiger partial charge >= 0.3 is 0 Å². The summed E-state index contributed by atoms with van der Waals surface area (Å²) in [7, 11) is 6.19. The van der Waals surface area contributed by atoms with Crippen molar-refractivity contribution >= 4 is 28.9 Å². The van der Waals surface area contributed by atoms with Gasteiger partial charge in [0.1, 0.15) is 0 Å². The maximum absolute atomic E-state index is 6.00. The van der Waals surface area contributed by atoms with Gasteiger partial charge in [0.05, 0.1) is 0 Å². The number of nitrogens with zero attached hydrogens (tertiary/aromatic N) is 2. The van der Waals surface area contributed by atoms with Crippen molar-refractivity contribution in [2.45, 2.75) is 5.88 Å². The summed E-state index contributed by atoms with van der Waals surface area (Å²) in [6.07, 6.45) is 0. The Morgan fingerprint density at radius 1 is 1.12 bits per heavy atom. The van der Waals surface area contributed by atoms with Crippen LogP contribution in [-0.2, 0) is 5.88 Å². The van der Waals surface area contributed by atoms with Gasteiger partial charge in [-0.25, -0.2) is 0 Å². The Morgan fingerprint density at radius 2 is 1.81 bits per heavy atom. The third-order valence-electron chi connectivity index (χ3n) is 2.49. The molecule has 0 atom stereocenters. The Morgan fingerprint density at radius 3 is 2.38 bits per heavy atom. The fourth-order valence-electron chi connectivity index (χ4n) is 1.48. The average Bonchev–Trinajstić information content (AvgIpc) is 2.25. The minimum atomic E-state index is 0.513. The molecule has 0 fully saturated rings. The first-order valence-corrected chi connectivity index (χ1v) is 6.16. The monoisotopic (exact) mass is 260 g/mol. The van der Waals surface area contributed by atoms with Gasteiger partial charge < -0.3 is 9.80 Å². The highest BCUT2D eigenvalue weighted by atomic mass is 35.5. The molecule has 0 aromatic heterocycles. The van der Waals surface area contributed by atoms with Crippen molar-refractivity contribution in [3.63, 3.8) is 0 Å². The number of likely N-dealkylation sites (N-methyl/N-ethyl adjacent to an activating group) is 2. The number of benzene rings is 1. The van der Waals surface area contributed by atoms with Crippen molar-refractivity contribution in [3.8, 4) is 0 Å². The maximum atomic E-state index is 6.00. The molecule has 0 N–H and O–H groups in total. The predicted octanol–water partition coefficient (Wildman–Crippen LogP) is 3.08. The number of alkyl halides is 1. The summed E-state index contributed by atoms with van der Waals surface area (Å²) in [5.74, 6) is 0.513. The zero-order valence-corrected chi connectivity index (χ0v) is 11.5. The molecule has 1 aromatic carbocycles. The maximum Gasteiger partial charge on any atom is 0.0494 e. The van der Waals surface area contributed by atoms with Crippen molar-refractivity contribution < 1.29 is 0 Å². The molecule has 0 unspecified atom stereocenters. The van der Waals surface area contributed by atoms with Gasteiger partial charge in [-0.15, -0.1) is 11.6 Å². The number of hydrogen-bond acceptors (Lipinski definition) is 2. The standard InChI is InChI=1S/C12H18Cl2N2/c1-15(2)6-7-16(3)12-8-11(14)5-4-10(12)9-13/h4-5,8H,6-7,9H2,1-3H3. The second kappa shape index (κ2) is 6.33. The first kappa shape index (κ1) is 13.6. The fraction of sp³-hybridized carbons (Fsp3) is 0.500. The van der Waals surface area contributed by atoms with E-state index in [1.165, 1.54) is 0 Å². The lowest BCUT2D eigenvalue weighted by molar-refractivity contribution is 0.416. The molecule has 2 nitrogen and oxygen atoms in total. The highest BCUT2D eigenvalue weighted by Gasteiger charge is 2.07. The summed E-state index contributed by atoms with van der Waals surface area (Å²) in [5.41, 5.74) is 2.23. The Bertz CT molecular complexity index is 340. The number of halogens is 2. The topological polar surface area (TPSA) is 6.48 Å². The van der Waals surface area contributed by atoms with Gasteiger partial charge in [0.15, 0.2) is 0 Å². The van der Waals surface area contributed by atoms with E-state index < -0.39 is 0 Å². The fourth-order valence-corrected chi connectivity index (χ4v) is 1.87. The third kappa shape index (κ3) is 3.85. The normalized spacial score (nSPS) is 10.9. The molecule has 1 aromatic rings. The summed E-state index contributed by atoms with van der Waals surface area (Å²) in [5, 5.41) is 0.751. The van der Waals surface area contributed by atoms with Crippen LogP contribution < -0.4 is 4.90 Å². The molecular formula is C12H18Cl2N2. The van der Waals surface area contributed by atoms with E-state index in [2.05, 4.69) is 30.9 Å². The van der Waals surface area contributed by atoms with Crippen LogP contribution in [0.5, 0.6) is 0 Å². The lowest BCUT2D eigenvalue weighted by Gasteiger charge is -2.23. The Kier molecular flexibility index (Phi) is 5.39. The quantitative estimate of drug-likeness (QED) is 0.751. The first-order valence-electron chi connectivity index (χ1n) is 5.25. The average molecular weight is 261 g/mol. The molecule has 0 radical (unpaired) electrons. The van der Waals surface area contributed by atoms with Gasteiger partial charge in [-0.2, -0.15) is 0 Å². The molecule has 0 bridgehead atoms. The van der Waals surface area contributed by atoms with E-state index in [1.807, 2.05) is 18.2 Å². The predicted molar refractivity (Wildman–Crippen MR) is 72.8 cm³/mol. The lowest BCUT2D eigenvalue weighted by Crippen LogP contribution is -2.29. The van der Waals surface area contributed by atoms with E-state index in [0.29, 0.717) is 5.88 Å². The number of anilines is 1. The Labute approximate surface area is 108 Å². The molecule has 90 valence electrons. The van der Waals surface area contributed by atoms with Gasteiger partial charge in [0, 0.05) is 36.7 Å². The molecule has 0 aliphatic rings. The van der Waals surface area contributed by atoms with Crippen molar-refractivity contribution in [1.82, 2.24) is 4.90 Å². The van der Waals surface area contributed by atoms with Crippen LogP contribution in [0.2, 0.25) is 5.02 Å². The van der Waals surface area contributed by atoms with Crippen LogP contribution >= 0.6 is 23.2 Å². The molecule has 0 spiro atoms. The van der Waals surface area contributed by atoms with Gasteiger partial charge in [-0.1, -0.05) is 17.7 Å². The van der Waals surface area contributed by atoms with Crippen molar-refractivity contribution in [3.05, 3.63) is 28.8 Å². The smallest absolute Gasteiger partial charge is 0.0494 e. The zero-order chi connectivity index (χ0) is 12.1. The molecule has 0 saturated heterocycles. The van der Waals surface area contributed by atoms with Crippen LogP contribution in [0.25, 0.3) is 0 Å². The van der Waals surface area contributed by atoms with Crippen LogP contribution in [0, 0.1) is 0 Å². The van der Waals surface area contributed by atoms with E-state index in [1.54, 1.807) is 0 Å². The second-order valence-electron chi connectivity index (χ2n) is 4.13. The Balaban J connectivity index is 2.80. The van der Waals surface area contributed by atoms with E-state index >= 15 is 0 Å². The van der Waals surface area contributed by atoms with Crippen LogP contribution in [-0.4, -0.2) is 39.1 Å². The number of rotatable bonds is 5. The molecule has 0 saturated carbocycles. The summed E-state index contributed by atoms with van der Waals surface area (Å²) in [6, 6.07) is 5.83. The summed E-state index contributed by atoms with van der Waals surface area (Å²) >= 11 is 11.9. The van der Waals surface area contributed by atoms with E-state index in [0.717, 1.165) is 29.4 Å². The van der Waals surface area contributed by atoms with Crippen molar-refractivity contribution in [2.75, 3.05) is 39.1 Å². The first-order chi connectivity index (χ1) is 7.54. The van der Waals surface area contributed by atoms with Gasteiger partial charge in [-0.05, 0) is 31.8 Å². The minimum Gasteiger partial charge on any atom is -0.373 e. The van der Waals surface area contributed by atoms with Crippen LogP contribution in [0.1, 0.15) is 5.56 Å². The van der Waals surface area contributed by atoms with Crippen LogP contribution in [0.15, 0.2) is 18.2 Å².